The van der Waals surface area contributed by atoms with E-state index in [2.05, 4.69) is 33.0 Å². The second-order valence-corrected chi connectivity index (χ2v) is 13.4. The van der Waals surface area contributed by atoms with E-state index in [0.717, 1.165) is 25.7 Å². The molecule has 0 aromatic carbocycles. The van der Waals surface area contributed by atoms with Crippen LogP contribution in [0.4, 0.5) is 0 Å². The average Bonchev–Trinajstić information content (AvgIpc) is 2.94. The summed E-state index contributed by atoms with van der Waals surface area (Å²) < 4.78 is 20.9. The summed E-state index contributed by atoms with van der Waals surface area (Å²) in [5, 5.41) is 0. The minimum atomic E-state index is -0.538. The van der Waals surface area contributed by atoms with Gasteiger partial charge in [0, 0.05) is 0 Å². The number of ether oxygens (including phenoxy) is 3. The van der Waals surface area contributed by atoms with Crippen molar-refractivity contribution >= 4 is 40.5 Å². The summed E-state index contributed by atoms with van der Waals surface area (Å²) in [5.41, 5.74) is -0.355. The van der Waals surface area contributed by atoms with Crippen LogP contribution >= 0.6 is 22.6 Å². The molecular weight excluding hydrogens is 604 g/mol. The first kappa shape index (κ1) is 19.5. The van der Waals surface area contributed by atoms with Crippen LogP contribution in [0.25, 0.3) is 0 Å². The van der Waals surface area contributed by atoms with Gasteiger partial charge in [0.15, 0.2) is 0 Å². The van der Waals surface area contributed by atoms with Gasteiger partial charge in [0.25, 0.3) is 0 Å². The SMILES string of the molecule is CCC1(OC(=O)C2C3CC4C(OC(=O)C42)C3OC(=O)C(I)C2N[I-]2)CC2CC1C2. The van der Waals surface area contributed by atoms with Crippen molar-refractivity contribution in [2.45, 2.75) is 64.8 Å². The maximum atomic E-state index is 13.4. The van der Waals surface area contributed by atoms with Gasteiger partial charge in [-0.25, -0.2) is 0 Å². The fourth-order valence-corrected chi connectivity index (χ4v) is 9.92. The number of fused-ring (bicyclic) bond motifs is 2. The molecule has 4 bridgehead atoms. The van der Waals surface area contributed by atoms with Crippen molar-refractivity contribution in [2.24, 2.45) is 35.5 Å². The number of esters is 3. The van der Waals surface area contributed by atoms with Crippen molar-refractivity contribution in [1.29, 1.82) is 0 Å². The molecule has 5 aliphatic carbocycles. The number of carbonyl (C=O) groups is 3. The molecule has 9 heteroatoms. The predicted octanol–water partition coefficient (Wildman–Crippen LogP) is -1.44. The number of nitrogens with one attached hydrogen (secondary N) is 1. The zero-order valence-electron chi connectivity index (χ0n) is 16.0. The number of alkyl halides is 2. The third kappa shape index (κ3) is 2.77. The second-order valence-electron chi connectivity index (χ2n) is 9.52. The first-order valence-electron chi connectivity index (χ1n) is 10.6. The molecule has 29 heavy (non-hydrogen) atoms. The Morgan fingerprint density at radius 3 is 2.72 bits per heavy atom. The van der Waals surface area contributed by atoms with E-state index in [1.807, 2.05) is 0 Å². The molecule has 160 valence electrons. The summed E-state index contributed by atoms with van der Waals surface area (Å²) in [5.74, 6) is -0.862. The van der Waals surface area contributed by atoms with Crippen LogP contribution in [-0.4, -0.2) is 43.7 Å². The molecule has 7 aliphatic rings. The topological polar surface area (TPSA) is 101 Å². The average molecular weight is 628 g/mol. The molecule has 7 nitrogen and oxygen atoms in total. The van der Waals surface area contributed by atoms with Gasteiger partial charge >= 0.3 is 194 Å². The number of halogens is 2. The van der Waals surface area contributed by atoms with Crippen molar-refractivity contribution in [2.75, 3.05) is 0 Å². The Labute approximate surface area is 193 Å². The third-order valence-corrected chi connectivity index (χ3v) is 13.0. The zero-order chi connectivity index (χ0) is 20.1. The number of rotatable bonds is 6. The molecule has 9 atom stereocenters. The van der Waals surface area contributed by atoms with E-state index >= 15 is 0 Å². The van der Waals surface area contributed by atoms with Gasteiger partial charge in [-0.3, -0.25) is 0 Å². The second kappa shape index (κ2) is 6.66. The molecule has 0 radical (unpaired) electrons. The summed E-state index contributed by atoms with van der Waals surface area (Å²) >= 11 is 2.03. The molecule has 7 fully saturated rings. The Morgan fingerprint density at radius 2 is 2.10 bits per heavy atom. The molecule has 2 heterocycles. The predicted molar refractivity (Wildman–Crippen MR) is 103 cm³/mol. The first-order chi connectivity index (χ1) is 13.9. The Bertz CT molecular complexity index is 783. The Morgan fingerprint density at radius 1 is 1.34 bits per heavy atom. The molecule has 2 saturated heterocycles. The van der Waals surface area contributed by atoms with Gasteiger partial charge in [0.1, 0.15) is 0 Å². The first-order valence-corrected chi connectivity index (χ1v) is 14.1. The summed E-state index contributed by atoms with van der Waals surface area (Å²) in [6, 6.07) is 0. The van der Waals surface area contributed by atoms with E-state index in [9.17, 15) is 14.4 Å². The summed E-state index contributed by atoms with van der Waals surface area (Å²) in [7, 11) is 0. The zero-order valence-corrected chi connectivity index (χ0v) is 20.3. The number of hydrogen-bond donors (Lipinski definition) is 1. The maximum absolute atomic E-state index is 13.4. The number of carbonyl (C=O) groups excluding carboxylic acids is 3. The normalized spacial score (nSPS) is 51.7. The van der Waals surface area contributed by atoms with Crippen LogP contribution in [0.5, 0.6) is 0 Å². The van der Waals surface area contributed by atoms with Crippen LogP contribution in [0.1, 0.15) is 39.0 Å². The van der Waals surface area contributed by atoms with Crippen molar-refractivity contribution in [1.82, 2.24) is 3.53 Å². The van der Waals surface area contributed by atoms with Gasteiger partial charge in [-0.2, -0.15) is 0 Å². The quantitative estimate of drug-likeness (QED) is 0.0733. The van der Waals surface area contributed by atoms with Gasteiger partial charge < -0.3 is 0 Å². The van der Waals surface area contributed by atoms with Gasteiger partial charge in [-0.05, 0) is 0 Å². The van der Waals surface area contributed by atoms with E-state index in [1.165, 1.54) is 0 Å². The molecule has 9 unspecified atom stereocenters. The molecule has 0 aromatic rings. The van der Waals surface area contributed by atoms with E-state index in [-0.39, 0.29) is 64.8 Å². The van der Waals surface area contributed by atoms with Gasteiger partial charge in [0.2, 0.25) is 0 Å². The minimum absolute atomic E-state index is 0.0307. The van der Waals surface area contributed by atoms with Gasteiger partial charge in [-0.15, -0.1) is 0 Å². The van der Waals surface area contributed by atoms with Gasteiger partial charge in [0.05, 0.1) is 0 Å². The van der Waals surface area contributed by atoms with Gasteiger partial charge in [-0.1, -0.05) is 0 Å². The standard InChI is InChI=1S/C20H24I2NO6/c1-2-20(6-7-3-8(20)4-7)29-18(25)12-10-5-9-11(12)17(24)27-14(9)15(10)28-19(26)13(21)16-22-23-16/h7-16,23H,2-6H2,1H3/q-1. The fourth-order valence-electron chi connectivity index (χ4n) is 6.82. The van der Waals surface area contributed by atoms with E-state index < -0.39 is 24.0 Å². The molecule has 0 spiro atoms. The number of hydrogen-bond acceptors (Lipinski definition) is 7. The molecule has 0 aromatic heterocycles. The van der Waals surface area contributed by atoms with Crippen molar-refractivity contribution in [3.8, 4) is 0 Å². The van der Waals surface area contributed by atoms with Crippen LogP contribution in [0.3, 0.4) is 0 Å². The van der Waals surface area contributed by atoms with E-state index in [1.54, 1.807) is 0 Å². The van der Waals surface area contributed by atoms with Crippen LogP contribution < -0.4 is 25.0 Å². The van der Waals surface area contributed by atoms with E-state index in [0.29, 0.717) is 18.3 Å². The van der Waals surface area contributed by atoms with Crippen LogP contribution in [0, 0.1) is 35.5 Å². The molecule has 2 aliphatic heterocycles. The Kier molecular flexibility index (Phi) is 4.48. The van der Waals surface area contributed by atoms with Crippen molar-refractivity contribution in [3.05, 3.63) is 0 Å². The Balaban J connectivity index is 1.22. The van der Waals surface area contributed by atoms with Crippen LogP contribution in [0.15, 0.2) is 0 Å². The summed E-state index contributed by atoms with van der Waals surface area (Å²) in [4.78, 5) is 38.5. The summed E-state index contributed by atoms with van der Waals surface area (Å²) in [6.07, 6.45) is 3.87. The third-order valence-electron chi connectivity index (χ3n) is 8.30. The molecule has 0 amide bonds. The van der Waals surface area contributed by atoms with Crippen LogP contribution in [-0.2, 0) is 28.6 Å². The van der Waals surface area contributed by atoms with Crippen LogP contribution in [0.2, 0.25) is 0 Å². The molecule has 5 saturated carbocycles. The monoisotopic (exact) mass is 628 g/mol. The van der Waals surface area contributed by atoms with E-state index in [4.69, 9.17) is 14.2 Å². The molecular formula is C20H24I2NO6-. The molecule has 7 rings (SSSR count). The molecule has 1 N–H and O–H groups in total. The van der Waals surface area contributed by atoms with Crippen molar-refractivity contribution < 1.29 is 50.1 Å². The Hall–Kier alpha value is -0.170. The van der Waals surface area contributed by atoms with Crippen molar-refractivity contribution in [3.63, 3.8) is 0 Å². The summed E-state index contributed by atoms with van der Waals surface area (Å²) in [6.45, 7) is 2.09. The fraction of sp³-hybridized carbons (Fsp3) is 0.850.